The molecule has 1 fully saturated rings. The highest BCUT2D eigenvalue weighted by Gasteiger charge is 2.21. The van der Waals surface area contributed by atoms with Crippen LogP contribution < -0.4 is 5.32 Å². The molecule has 1 aromatic rings. The van der Waals surface area contributed by atoms with E-state index in [1.807, 2.05) is 0 Å². The molecule has 1 unspecified atom stereocenters. The van der Waals surface area contributed by atoms with Crippen molar-refractivity contribution in [2.75, 3.05) is 19.7 Å². The van der Waals surface area contributed by atoms with Gasteiger partial charge in [-0.25, -0.2) is 0 Å². The van der Waals surface area contributed by atoms with Crippen LogP contribution in [0.2, 0.25) is 0 Å². The normalized spacial score (nSPS) is 20.6. The number of morpholine rings is 1. The minimum absolute atomic E-state index is 0.0271. The van der Waals surface area contributed by atoms with Gasteiger partial charge < -0.3 is 15.2 Å². The van der Waals surface area contributed by atoms with Crippen molar-refractivity contribution in [1.29, 1.82) is 0 Å². The van der Waals surface area contributed by atoms with E-state index in [1.165, 1.54) is 18.2 Å². The predicted octanol–water partition coefficient (Wildman–Crippen LogP) is 0.961. The Morgan fingerprint density at radius 1 is 1.56 bits per heavy atom. The molecule has 1 aliphatic rings. The van der Waals surface area contributed by atoms with Crippen LogP contribution in [0.3, 0.4) is 0 Å². The first-order chi connectivity index (χ1) is 7.68. The van der Waals surface area contributed by atoms with Crippen LogP contribution in [0.5, 0.6) is 5.75 Å². The van der Waals surface area contributed by atoms with Crippen LogP contribution in [0.4, 0.5) is 5.69 Å². The SMILES string of the molecule is O=[N+]([O-])c1ccc(O)c(C2CNCCO2)c1. The summed E-state index contributed by atoms with van der Waals surface area (Å²) in [7, 11) is 0. The molecular formula is C10H12N2O4. The summed E-state index contributed by atoms with van der Waals surface area (Å²) < 4.78 is 5.43. The first kappa shape index (κ1) is 10.8. The zero-order valence-corrected chi connectivity index (χ0v) is 8.55. The van der Waals surface area contributed by atoms with Crippen LogP contribution in [0.15, 0.2) is 18.2 Å². The molecule has 1 atom stereocenters. The first-order valence-corrected chi connectivity index (χ1v) is 4.98. The van der Waals surface area contributed by atoms with Crippen molar-refractivity contribution >= 4 is 5.69 Å². The second-order valence-electron chi connectivity index (χ2n) is 3.56. The monoisotopic (exact) mass is 224 g/mol. The van der Waals surface area contributed by atoms with Gasteiger partial charge in [0.2, 0.25) is 0 Å². The Bertz CT molecular complexity index is 402. The van der Waals surface area contributed by atoms with E-state index in [9.17, 15) is 15.2 Å². The molecule has 0 bridgehead atoms. The number of non-ortho nitro benzene ring substituents is 1. The summed E-state index contributed by atoms with van der Waals surface area (Å²) in [6.07, 6.45) is -0.325. The molecule has 2 rings (SSSR count). The third-order valence-electron chi connectivity index (χ3n) is 2.50. The van der Waals surface area contributed by atoms with Gasteiger partial charge in [-0.2, -0.15) is 0 Å². The van der Waals surface area contributed by atoms with E-state index in [-0.39, 0.29) is 17.5 Å². The Labute approximate surface area is 92.0 Å². The molecule has 1 saturated heterocycles. The fourth-order valence-electron chi connectivity index (χ4n) is 1.68. The zero-order valence-electron chi connectivity index (χ0n) is 8.55. The summed E-state index contributed by atoms with van der Waals surface area (Å²) in [6, 6.07) is 3.95. The third-order valence-corrected chi connectivity index (χ3v) is 2.50. The molecule has 0 spiro atoms. The molecule has 6 nitrogen and oxygen atoms in total. The van der Waals surface area contributed by atoms with Gasteiger partial charge in [-0.1, -0.05) is 0 Å². The van der Waals surface area contributed by atoms with Crippen LogP contribution >= 0.6 is 0 Å². The largest absolute Gasteiger partial charge is 0.508 e. The van der Waals surface area contributed by atoms with Gasteiger partial charge >= 0.3 is 0 Å². The summed E-state index contributed by atoms with van der Waals surface area (Å²) in [5, 5.41) is 23.4. The number of nitrogens with zero attached hydrogens (tertiary/aromatic N) is 1. The number of hydrogen-bond acceptors (Lipinski definition) is 5. The lowest BCUT2D eigenvalue weighted by Gasteiger charge is -2.24. The minimum Gasteiger partial charge on any atom is -0.508 e. The first-order valence-electron chi connectivity index (χ1n) is 4.98. The van der Waals surface area contributed by atoms with Crippen molar-refractivity contribution in [3.63, 3.8) is 0 Å². The zero-order chi connectivity index (χ0) is 11.5. The fourth-order valence-corrected chi connectivity index (χ4v) is 1.68. The molecule has 0 amide bonds. The van der Waals surface area contributed by atoms with Crippen molar-refractivity contribution in [3.8, 4) is 5.75 Å². The minimum atomic E-state index is -0.487. The molecule has 1 heterocycles. The number of nitro benzene ring substituents is 1. The number of aromatic hydroxyl groups is 1. The van der Waals surface area contributed by atoms with Crippen molar-refractivity contribution in [2.24, 2.45) is 0 Å². The second kappa shape index (κ2) is 4.46. The second-order valence-corrected chi connectivity index (χ2v) is 3.56. The Morgan fingerprint density at radius 2 is 2.38 bits per heavy atom. The highest BCUT2D eigenvalue weighted by atomic mass is 16.6. The Hall–Kier alpha value is -1.66. The number of phenols is 1. The summed E-state index contributed by atoms with van der Waals surface area (Å²) in [5.41, 5.74) is 0.420. The maximum absolute atomic E-state index is 10.6. The summed E-state index contributed by atoms with van der Waals surface area (Å²) >= 11 is 0. The van der Waals surface area contributed by atoms with Crippen molar-refractivity contribution in [1.82, 2.24) is 5.32 Å². The van der Waals surface area contributed by atoms with Gasteiger partial charge in [-0.05, 0) is 6.07 Å². The van der Waals surface area contributed by atoms with Crippen LogP contribution in [0.1, 0.15) is 11.7 Å². The van der Waals surface area contributed by atoms with E-state index in [0.29, 0.717) is 18.7 Å². The van der Waals surface area contributed by atoms with Gasteiger partial charge in [0.1, 0.15) is 5.75 Å². The van der Waals surface area contributed by atoms with E-state index < -0.39 is 4.92 Å². The Morgan fingerprint density at radius 3 is 3.00 bits per heavy atom. The lowest BCUT2D eigenvalue weighted by molar-refractivity contribution is -0.385. The fraction of sp³-hybridized carbons (Fsp3) is 0.400. The highest BCUT2D eigenvalue weighted by Crippen LogP contribution is 2.30. The number of hydrogen-bond donors (Lipinski definition) is 2. The number of benzene rings is 1. The topological polar surface area (TPSA) is 84.6 Å². The number of phenolic OH excluding ortho intramolecular Hbond substituents is 1. The highest BCUT2D eigenvalue weighted by molar-refractivity contribution is 5.44. The van der Waals surface area contributed by atoms with Gasteiger partial charge in [0, 0.05) is 30.8 Å². The van der Waals surface area contributed by atoms with E-state index in [4.69, 9.17) is 4.74 Å². The van der Waals surface area contributed by atoms with Crippen LogP contribution in [0, 0.1) is 10.1 Å². The smallest absolute Gasteiger partial charge is 0.270 e. The standard InChI is InChI=1S/C10H12N2O4/c13-9-2-1-7(12(14)15)5-8(9)10-6-11-3-4-16-10/h1-2,5,10-11,13H,3-4,6H2. The van der Waals surface area contributed by atoms with E-state index >= 15 is 0 Å². The molecular weight excluding hydrogens is 212 g/mol. The maximum atomic E-state index is 10.6. The lowest BCUT2D eigenvalue weighted by Crippen LogP contribution is -2.33. The number of nitrogens with one attached hydrogen (secondary N) is 1. The van der Waals surface area contributed by atoms with Gasteiger partial charge in [-0.3, -0.25) is 10.1 Å². The van der Waals surface area contributed by atoms with Crippen LogP contribution in [-0.2, 0) is 4.74 Å². The number of rotatable bonds is 2. The molecule has 86 valence electrons. The average Bonchev–Trinajstić information content (AvgIpc) is 2.30. The molecule has 2 N–H and O–H groups in total. The van der Waals surface area contributed by atoms with Gasteiger partial charge in [-0.15, -0.1) is 0 Å². The lowest BCUT2D eigenvalue weighted by atomic mass is 10.1. The van der Waals surface area contributed by atoms with Crippen LogP contribution in [-0.4, -0.2) is 29.7 Å². The van der Waals surface area contributed by atoms with Crippen molar-refractivity contribution in [3.05, 3.63) is 33.9 Å². The van der Waals surface area contributed by atoms with E-state index in [2.05, 4.69) is 5.32 Å². The number of nitro groups is 1. The van der Waals surface area contributed by atoms with E-state index in [0.717, 1.165) is 6.54 Å². The molecule has 0 aromatic heterocycles. The Balaban J connectivity index is 2.30. The van der Waals surface area contributed by atoms with Crippen LogP contribution in [0.25, 0.3) is 0 Å². The average molecular weight is 224 g/mol. The third kappa shape index (κ3) is 2.12. The van der Waals surface area contributed by atoms with Crippen molar-refractivity contribution < 1.29 is 14.8 Å². The summed E-state index contributed by atoms with van der Waals surface area (Å²) in [6.45, 7) is 1.84. The van der Waals surface area contributed by atoms with Gasteiger partial charge in [0.05, 0.1) is 17.6 Å². The molecule has 16 heavy (non-hydrogen) atoms. The molecule has 0 radical (unpaired) electrons. The van der Waals surface area contributed by atoms with E-state index in [1.54, 1.807) is 0 Å². The quantitative estimate of drug-likeness (QED) is 0.577. The van der Waals surface area contributed by atoms with Gasteiger partial charge in [0.25, 0.3) is 5.69 Å². The predicted molar refractivity (Wildman–Crippen MR) is 56.3 cm³/mol. The number of ether oxygens (including phenoxy) is 1. The summed E-state index contributed by atoms with van der Waals surface area (Å²) in [4.78, 5) is 10.1. The molecule has 1 aliphatic heterocycles. The summed E-state index contributed by atoms with van der Waals surface area (Å²) in [5.74, 6) is 0.0271. The maximum Gasteiger partial charge on any atom is 0.270 e. The van der Waals surface area contributed by atoms with Gasteiger partial charge in [0.15, 0.2) is 0 Å². The molecule has 1 aromatic carbocycles. The van der Waals surface area contributed by atoms with Crippen molar-refractivity contribution in [2.45, 2.75) is 6.10 Å². The Kier molecular flexibility index (Phi) is 3.02. The molecule has 0 saturated carbocycles. The molecule has 0 aliphatic carbocycles. The molecule has 6 heteroatoms.